The zero-order chi connectivity index (χ0) is 8.27. The first kappa shape index (κ1) is 11.2. The van der Waals surface area contributed by atoms with Crippen molar-refractivity contribution in [1.82, 2.24) is 0 Å². The molecule has 4 heteroatoms. The van der Waals surface area contributed by atoms with E-state index in [9.17, 15) is 4.39 Å². The van der Waals surface area contributed by atoms with Crippen molar-refractivity contribution >= 4 is 12.4 Å². The van der Waals surface area contributed by atoms with Crippen LogP contribution in [0, 0.1) is 5.82 Å². The molecule has 0 heterocycles. The number of hydrogen-bond donors (Lipinski definition) is 2. The van der Waals surface area contributed by atoms with Gasteiger partial charge in [-0.15, -0.1) is 12.4 Å². The van der Waals surface area contributed by atoms with E-state index in [0.29, 0.717) is 18.5 Å². The molecule has 0 aliphatic rings. The molecule has 0 saturated carbocycles. The highest BCUT2D eigenvalue weighted by molar-refractivity contribution is 5.85. The van der Waals surface area contributed by atoms with E-state index < -0.39 is 5.82 Å². The highest BCUT2D eigenvalue weighted by Gasteiger charge is 2.00. The lowest BCUT2D eigenvalue weighted by molar-refractivity contribution is 0.468. The monoisotopic (exact) mass is 191 g/mol. The zero-order valence-corrected chi connectivity index (χ0v) is 7.27. The van der Waals surface area contributed by atoms with Crippen molar-refractivity contribution in [3.8, 4) is 5.75 Å². The molecule has 3 N–H and O–H groups in total. The van der Waals surface area contributed by atoms with Crippen LogP contribution in [0.3, 0.4) is 0 Å². The van der Waals surface area contributed by atoms with E-state index in [1.165, 1.54) is 12.1 Å². The highest BCUT2D eigenvalue weighted by Crippen LogP contribution is 2.14. The predicted molar refractivity (Wildman–Crippen MR) is 48.1 cm³/mol. The minimum Gasteiger partial charge on any atom is -0.508 e. The number of halogens is 2. The molecule has 0 atom stereocenters. The van der Waals surface area contributed by atoms with Crippen molar-refractivity contribution in [1.29, 1.82) is 0 Å². The summed E-state index contributed by atoms with van der Waals surface area (Å²) in [7, 11) is 0. The van der Waals surface area contributed by atoms with Gasteiger partial charge in [-0.05, 0) is 24.6 Å². The van der Waals surface area contributed by atoms with Crippen LogP contribution in [0.4, 0.5) is 4.39 Å². The van der Waals surface area contributed by atoms with Crippen molar-refractivity contribution in [2.24, 2.45) is 5.73 Å². The standard InChI is InChI=1S/C8H10FNO.ClH/c9-8-5-7(11)2-1-6(8)3-4-10;/h1-2,5,11H,3-4,10H2;1H. The third-order valence-corrected chi connectivity index (χ3v) is 1.45. The summed E-state index contributed by atoms with van der Waals surface area (Å²) < 4.78 is 12.8. The first-order valence-electron chi connectivity index (χ1n) is 3.41. The Morgan fingerprint density at radius 1 is 1.42 bits per heavy atom. The molecule has 1 aromatic rings. The van der Waals surface area contributed by atoms with Gasteiger partial charge in [0.1, 0.15) is 11.6 Å². The van der Waals surface area contributed by atoms with Crippen LogP contribution in [0.2, 0.25) is 0 Å². The van der Waals surface area contributed by atoms with Crippen LogP contribution in [-0.2, 0) is 6.42 Å². The topological polar surface area (TPSA) is 46.2 Å². The molecule has 0 bridgehead atoms. The van der Waals surface area contributed by atoms with Gasteiger partial charge in [-0.1, -0.05) is 6.07 Å². The Morgan fingerprint density at radius 2 is 2.08 bits per heavy atom. The van der Waals surface area contributed by atoms with Crippen LogP contribution in [0.5, 0.6) is 5.75 Å². The number of benzene rings is 1. The summed E-state index contributed by atoms with van der Waals surface area (Å²) in [6, 6.07) is 4.08. The van der Waals surface area contributed by atoms with Gasteiger partial charge in [0.15, 0.2) is 0 Å². The zero-order valence-electron chi connectivity index (χ0n) is 6.46. The lowest BCUT2D eigenvalue weighted by atomic mass is 10.1. The second kappa shape index (κ2) is 4.95. The highest BCUT2D eigenvalue weighted by atomic mass is 35.5. The number of hydrogen-bond acceptors (Lipinski definition) is 2. The average Bonchev–Trinajstić information content (AvgIpc) is 1.95. The van der Waals surface area contributed by atoms with Gasteiger partial charge in [-0.2, -0.15) is 0 Å². The van der Waals surface area contributed by atoms with Crippen LogP contribution in [0.25, 0.3) is 0 Å². The van der Waals surface area contributed by atoms with Gasteiger partial charge in [0.05, 0.1) is 0 Å². The molecule has 68 valence electrons. The minimum absolute atomic E-state index is 0. The van der Waals surface area contributed by atoms with Gasteiger partial charge < -0.3 is 10.8 Å². The Kier molecular flexibility index (Phi) is 4.62. The van der Waals surface area contributed by atoms with E-state index >= 15 is 0 Å². The minimum atomic E-state index is -0.393. The van der Waals surface area contributed by atoms with Crippen LogP contribution >= 0.6 is 12.4 Å². The molecule has 0 saturated heterocycles. The van der Waals surface area contributed by atoms with Crippen LogP contribution in [0.1, 0.15) is 5.56 Å². The lowest BCUT2D eigenvalue weighted by Crippen LogP contribution is -2.04. The normalized spacial score (nSPS) is 9.17. The Morgan fingerprint density at radius 3 is 2.58 bits per heavy atom. The van der Waals surface area contributed by atoms with Crippen LogP contribution < -0.4 is 5.73 Å². The number of phenols is 1. The smallest absolute Gasteiger partial charge is 0.130 e. The van der Waals surface area contributed by atoms with Gasteiger partial charge in [-0.25, -0.2) is 4.39 Å². The third kappa shape index (κ3) is 2.68. The molecule has 0 unspecified atom stereocenters. The molecule has 0 aliphatic heterocycles. The second-order valence-electron chi connectivity index (χ2n) is 2.31. The number of phenolic OH excluding ortho intramolecular Hbond substituents is 1. The fourth-order valence-corrected chi connectivity index (χ4v) is 0.894. The average molecular weight is 192 g/mol. The molecule has 0 spiro atoms. The lowest BCUT2D eigenvalue weighted by Gasteiger charge is -2.00. The molecule has 1 aromatic carbocycles. The first-order chi connectivity index (χ1) is 5.24. The molecule has 12 heavy (non-hydrogen) atoms. The van der Waals surface area contributed by atoms with Crippen molar-refractivity contribution < 1.29 is 9.50 Å². The van der Waals surface area contributed by atoms with Gasteiger partial charge >= 0.3 is 0 Å². The van der Waals surface area contributed by atoms with Crippen LogP contribution in [0.15, 0.2) is 18.2 Å². The summed E-state index contributed by atoms with van der Waals surface area (Å²) in [6.07, 6.45) is 0.506. The quantitative estimate of drug-likeness (QED) is 0.744. The molecule has 0 amide bonds. The Bertz CT molecular complexity index is 255. The third-order valence-electron chi connectivity index (χ3n) is 1.45. The van der Waals surface area contributed by atoms with Crippen molar-refractivity contribution in [3.63, 3.8) is 0 Å². The summed E-state index contributed by atoms with van der Waals surface area (Å²) >= 11 is 0. The van der Waals surface area contributed by atoms with E-state index in [4.69, 9.17) is 10.8 Å². The summed E-state index contributed by atoms with van der Waals surface area (Å²) in [5.74, 6) is -0.446. The summed E-state index contributed by atoms with van der Waals surface area (Å²) in [4.78, 5) is 0. The molecular weight excluding hydrogens is 181 g/mol. The summed E-state index contributed by atoms with van der Waals surface area (Å²) in [5.41, 5.74) is 5.78. The Labute approximate surface area is 76.6 Å². The van der Waals surface area contributed by atoms with Crippen molar-refractivity contribution in [3.05, 3.63) is 29.6 Å². The van der Waals surface area contributed by atoms with E-state index in [1.807, 2.05) is 0 Å². The molecule has 0 aromatic heterocycles. The van der Waals surface area contributed by atoms with Crippen molar-refractivity contribution in [2.75, 3.05) is 6.54 Å². The number of rotatable bonds is 2. The SMILES string of the molecule is Cl.NCCc1ccc(O)cc1F. The largest absolute Gasteiger partial charge is 0.508 e. The fraction of sp³-hybridized carbons (Fsp3) is 0.250. The van der Waals surface area contributed by atoms with Crippen LogP contribution in [-0.4, -0.2) is 11.7 Å². The Balaban J connectivity index is 0.00000121. The molecular formula is C8H11ClFNO. The van der Waals surface area contributed by atoms with Gasteiger partial charge in [-0.3, -0.25) is 0 Å². The van der Waals surface area contributed by atoms with E-state index in [-0.39, 0.29) is 18.2 Å². The predicted octanol–water partition coefficient (Wildman–Crippen LogP) is 1.45. The second-order valence-corrected chi connectivity index (χ2v) is 2.31. The van der Waals surface area contributed by atoms with Crippen molar-refractivity contribution in [2.45, 2.75) is 6.42 Å². The van der Waals surface area contributed by atoms with Gasteiger partial charge in [0, 0.05) is 6.07 Å². The van der Waals surface area contributed by atoms with E-state index in [1.54, 1.807) is 0 Å². The number of aromatic hydroxyl groups is 1. The fourth-order valence-electron chi connectivity index (χ4n) is 0.894. The molecule has 0 radical (unpaired) electrons. The summed E-state index contributed by atoms with van der Waals surface area (Å²) in [5, 5.41) is 8.83. The Hall–Kier alpha value is -0.800. The molecule has 0 fully saturated rings. The molecule has 1 rings (SSSR count). The summed E-state index contributed by atoms with van der Waals surface area (Å²) in [6.45, 7) is 0.418. The molecule has 2 nitrogen and oxygen atoms in total. The first-order valence-corrected chi connectivity index (χ1v) is 3.41. The van der Waals surface area contributed by atoms with E-state index in [2.05, 4.69) is 0 Å². The maximum Gasteiger partial charge on any atom is 0.130 e. The maximum atomic E-state index is 12.8. The maximum absolute atomic E-state index is 12.8. The molecule has 0 aliphatic carbocycles. The number of nitrogens with two attached hydrogens (primary N) is 1. The van der Waals surface area contributed by atoms with Gasteiger partial charge in [0.25, 0.3) is 0 Å². The van der Waals surface area contributed by atoms with E-state index in [0.717, 1.165) is 6.07 Å². The van der Waals surface area contributed by atoms with Gasteiger partial charge in [0.2, 0.25) is 0 Å².